The molecule has 0 aromatic heterocycles. The first-order valence-corrected chi connectivity index (χ1v) is 13.3. The lowest BCUT2D eigenvalue weighted by atomic mass is 9.92. The largest absolute Gasteiger partial charge is 0.380 e. The molecule has 0 aliphatic carbocycles. The van der Waals surface area contributed by atoms with E-state index in [2.05, 4.69) is 10.2 Å². The van der Waals surface area contributed by atoms with Crippen molar-refractivity contribution in [1.82, 2.24) is 14.7 Å². The van der Waals surface area contributed by atoms with Crippen molar-refractivity contribution in [2.45, 2.75) is 51.3 Å². The smallest absolute Gasteiger partial charge is 0.258 e. The Morgan fingerprint density at radius 2 is 1.72 bits per heavy atom. The minimum absolute atomic E-state index is 0.0403. The van der Waals surface area contributed by atoms with E-state index in [0.717, 1.165) is 31.6 Å². The molecule has 2 amide bonds. The first kappa shape index (κ1) is 26.5. The van der Waals surface area contributed by atoms with Crippen molar-refractivity contribution in [2.24, 2.45) is 0 Å². The van der Waals surface area contributed by atoms with Crippen molar-refractivity contribution >= 4 is 29.1 Å². The Hall–Kier alpha value is -2.61. The highest BCUT2D eigenvalue weighted by Crippen LogP contribution is 2.29. The van der Waals surface area contributed by atoms with E-state index in [1.165, 1.54) is 0 Å². The molecular weight excluding hydrogens is 476 g/mol. The van der Waals surface area contributed by atoms with Gasteiger partial charge in [0, 0.05) is 51.0 Å². The number of likely N-dealkylation sites (tertiary alicyclic amines) is 2. The lowest BCUT2D eigenvalue weighted by molar-refractivity contribution is -0.152. The highest BCUT2D eigenvalue weighted by Gasteiger charge is 2.40. The standard InChI is InChI=1S/C28H37ClN4O3/c1-4-31(5-2)26(34)24-12-11-21(17-25(24)29)30-22-18-33(19-22)23-13-15-32(16-14-23)27(35)28(3,36)20-9-7-6-8-10-20/h6-12,17,22-23,30,36H,4-5,13-16,18-19H2,1-3H3. The maximum absolute atomic E-state index is 13.0. The fourth-order valence-electron chi connectivity index (χ4n) is 5.23. The number of halogens is 1. The summed E-state index contributed by atoms with van der Waals surface area (Å²) in [5.74, 6) is -0.267. The molecule has 2 aromatic rings. The van der Waals surface area contributed by atoms with Crippen molar-refractivity contribution in [2.75, 3.05) is 44.6 Å². The van der Waals surface area contributed by atoms with Crippen molar-refractivity contribution in [1.29, 1.82) is 0 Å². The third-order valence-electron chi connectivity index (χ3n) is 7.55. The Balaban J connectivity index is 1.25. The molecule has 2 fully saturated rings. The maximum Gasteiger partial charge on any atom is 0.258 e. The van der Waals surface area contributed by atoms with E-state index < -0.39 is 5.60 Å². The van der Waals surface area contributed by atoms with Gasteiger partial charge in [0.2, 0.25) is 0 Å². The van der Waals surface area contributed by atoms with Crippen LogP contribution in [0.2, 0.25) is 5.02 Å². The van der Waals surface area contributed by atoms with Gasteiger partial charge in [0.05, 0.1) is 16.6 Å². The van der Waals surface area contributed by atoms with Gasteiger partial charge >= 0.3 is 0 Å². The number of carbonyl (C=O) groups is 2. The molecule has 2 heterocycles. The molecule has 2 aliphatic rings. The average Bonchev–Trinajstić information content (AvgIpc) is 2.87. The fourth-order valence-corrected chi connectivity index (χ4v) is 5.49. The molecule has 194 valence electrons. The number of hydrogen-bond acceptors (Lipinski definition) is 5. The number of carbonyl (C=O) groups excluding carboxylic acids is 2. The molecule has 0 spiro atoms. The third kappa shape index (κ3) is 5.53. The zero-order valence-electron chi connectivity index (χ0n) is 21.4. The summed E-state index contributed by atoms with van der Waals surface area (Å²) in [6.07, 6.45) is 1.80. The number of benzene rings is 2. The van der Waals surface area contributed by atoms with Gasteiger partial charge in [0.25, 0.3) is 11.8 Å². The molecule has 0 bridgehead atoms. The summed E-state index contributed by atoms with van der Waals surface area (Å²) in [4.78, 5) is 31.6. The highest BCUT2D eigenvalue weighted by molar-refractivity contribution is 6.34. The predicted molar refractivity (Wildman–Crippen MR) is 143 cm³/mol. The summed E-state index contributed by atoms with van der Waals surface area (Å²) in [6, 6.07) is 15.5. The molecule has 1 atom stereocenters. The first-order valence-electron chi connectivity index (χ1n) is 12.9. The first-order chi connectivity index (χ1) is 17.2. The normalized spacial score (nSPS) is 18.9. The molecular formula is C28H37ClN4O3. The topological polar surface area (TPSA) is 76.1 Å². The molecule has 2 aromatic carbocycles. The number of aliphatic hydroxyl groups is 1. The molecule has 0 radical (unpaired) electrons. The van der Waals surface area contributed by atoms with Gasteiger partial charge in [-0.25, -0.2) is 0 Å². The van der Waals surface area contributed by atoms with Gasteiger partial charge in [-0.3, -0.25) is 14.5 Å². The van der Waals surface area contributed by atoms with Crippen LogP contribution in [-0.2, 0) is 10.4 Å². The molecule has 2 aliphatic heterocycles. The Bertz CT molecular complexity index is 1060. The van der Waals surface area contributed by atoms with Crippen LogP contribution in [0.4, 0.5) is 5.69 Å². The number of nitrogens with one attached hydrogen (secondary N) is 1. The van der Waals surface area contributed by atoms with E-state index >= 15 is 0 Å². The molecule has 8 heteroatoms. The minimum atomic E-state index is -1.51. The van der Waals surface area contributed by atoms with E-state index in [-0.39, 0.29) is 11.8 Å². The Morgan fingerprint density at radius 3 is 2.31 bits per heavy atom. The van der Waals surface area contributed by atoms with Crippen LogP contribution in [0.1, 0.15) is 49.5 Å². The summed E-state index contributed by atoms with van der Waals surface area (Å²) < 4.78 is 0. The number of nitrogens with zero attached hydrogens (tertiary/aromatic N) is 3. The second kappa shape index (κ2) is 11.2. The molecule has 4 rings (SSSR count). The van der Waals surface area contributed by atoms with E-state index in [1.54, 1.807) is 34.9 Å². The minimum Gasteiger partial charge on any atom is -0.380 e. The Morgan fingerprint density at radius 1 is 1.08 bits per heavy atom. The van der Waals surface area contributed by atoms with Crippen LogP contribution in [-0.4, -0.2) is 83.0 Å². The van der Waals surface area contributed by atoms with Crippen molar-refractivity contribution < 1.29 is 14.7 Å². The zero-order valence-corrected chi connectivity index (χ0v) is 22.2. The quantitative estimate of drug-likeness (QED) is 0.562. The van der Waals surface area contributed by atoms with Gasteiger partial charge in [-0.05, 0) is 57.4 Å². The monoisotopic (exact) mass is 512 g/mol. The Kier molecular flexibility index (Phi) is 8.23. The van der Waals surface area contributed by atoms with Crippen LogP contribution in [0.5, 0.6) is 0 Å². The second-order valence-electron chi connectivity index (χ2n) is 9.93. The molecule has 2 saturated heterocycles. The maximum atomic E-state index is 13.0. The Labute approximate surface area is 219 Å². The van der Waals surface area contributed by atoms with Crippen LogP contribution < -0.4 is 5.32 Å². The summed E-state index contributed by atoms with van der Waals surface area (Å²) in [5.41, 5.74) is 0.574. The van der Waals surface area contributed by atoms with Gasteiger partial charge < -0.3 is 20.2 Å². The van der Waals surface area contributed by atoms with Crippen molar-refractivity contribution in [3.05, 3.63) is 64.7 Å². The summed E-state index contributed by atoms with van der Waals surface area (Å²) in [6.45, 7) is 9.98. The van der Waals surface area contributed by atoms with E-state index in [4.69, 9.17) is 11.6 Å². The van der Waals surface area contributed by atoms with Crippen molar-refractivity contribution in [3.8, 4) is 0 Å². The number of hydrogen-bond donors (Lipinski definition) is 2. The molecule has 1 unspecified atom stereocenters. The van der Waals surface area contributed by atoms with Gasteiger partial charge in [-0.1, -0.05) is 41.9 Å². The molecule has 0 saturated carbocycles. The van der Waals surface area contributed by atoms with Crippen LogP contribution in [0.3, 0.4) is 0 Å². The van der Waals surface area contributed by atoms with Gasteiger partial charge in [0.15, 0.2) is 5.60 Å². The second-order valence-corrected chi connectivity index (χ2v) is 10.3. The number of amides is 2. The number of rotatable bonds is 8. The zero-order chi connectivity index (χ0) is 25.9. The fraction of sp³-hybridized carbons (Fsp3) is 0.500. The summed E-state index contributed by atoms with van der Waals surface area (Å²) in [5, 5.41) is 14.9. The number of anilines is 1. The number of piperidine rings is 1. The lowest BCUT2D eigenvalue weighted by Gasteiger charge is -2.48. The van der Waals surface area contributed by atoms with Crippen LogP contribution >= 0.6 is 11.6 Å². The molecule has 2 N–H and O–H groups in total. The highest BCUT2D eigenvalue weighted by atomic mass is 35.5. The van der Waals surface area contributed by atoms with Crippen LogP contribution in [0, 0.1) is 0 Å². The lowest BCUT2D eigenvalue weighted by Crippen LogP contribution is -2.61. The molecule has 7 nitrogen and oxygen atoms in total. The van der Waals surface area contributed by atoms with Gasteiger partial charge in [-0.2, -0.15) is 0 Å². The summed E-state index contributed by atoms with van der Waals surface area (Å²) in [7, 11) is 0. The third-order valence-corrected chi connectivity index (χ3v) is 7.86. The van der Waals surface area contributed by atoms with Gasteiger partial charge in [-0.15, -0.1) is 0 Å². The van der Waals surface area contributed by atoms with Crippen LogP contribution in [0.25, 0.3) is 0 Å². The predicted octanol–water partition coefficient (Wildman–Crippen LogP) is 3.82. The van der Waals surface area contributed by atoms with E-state index in [0.29, 0.717) is 54.4 Å². The van der Waals surface area contributed by atoms with Gasteiger partial charge in [0.1, 0.15) is 0 Å². The van der Waals surface area contributed by atoms with Crippen molar-refractivity contribution in [3.63, 3.8) is 0 Å². The van der Waals surface area contributed by atoms with Crippen LogP contribution in [0.15, 0.2) is 48.5 Å². The molecule has 36 heavy (non-hydrogen) atoms. The van der Waals surface area contributed by atoms with E-state index in [1.807, 2.05) is 44.2 Å². The average molecular weight is 513 g/mol. The summed E-state index contributed by atoms with van der Waals surface area (Å²) >= 11 is 6.44. The SMILES string of the molecule is CCN(CC)C(=O)c1ccc(NC2CN(C3CCN(C(=O)C(C)(O)c4ccccc4)CC3)C2)cc1Cl. The van der Waals surface area contributed by atoms with E-state index in [9.17, 15) is 14.7 Å².